The first-order chi connectivity index (χ1) is 13.3. The highest BCUT2D eigenvalue weighted by Crippen LogP contribution is 2.29. The third-order valence-corrected chi connectivity index (χ3v) is 4.42. The van der Waals surface area contributed by atoms with Gasteiger partial charge in [-0.1, -0.05) is 17.7 Å². The topological polar surface area (TPSA) is 119 Å². The van der Waals surface area contributed by atoms with Gasteiger partial charge in [0.25, 0.3) is 5.95 Å². The van der Waals surface area contributed by atoms with Gasteiger partial charge in [-0.05, 0) is 19.9 Å². The van der Waals surface area contributed by atoms with Crippen LogP contribution in [0.5, 0.6) is 5.88 Å². The summed E-state index contributed by atoms with van der Waals surface area (Å²) in [5.41, 5.74) is 1.84. The lowest BCUT2D eigenvalue weighted by molar-refractivity contribution is 0.0697. The Morgan fingerprint density at radius 2 is 2.00 bits per heavy atom. The molecule has 0 bridgehead atoms. The van der Waals surface area contributed by atoms with Crippen LogP contribution in [0.3, 0.4) is 0 Å². The Hall–Kier alpha value is -3.82. The fourth-order valence-corrected chi connectivity index (χ4v) is 2.99. The second-order valence-electron chi connectivity index (χ2n) is 6.35. The zero-order valence-electron chi connectivity index (χ0n) is 14.9. The first-order valence-electron chi connectivity index (χ1n) is 8.33. The lowest BCUT2D eigenvalue weighted by Gasteiger charge is -2.15. The van der Waals surface area contributed by atoms with E-state index >= 15 is 0 Å². The normalized spacial score (nSPS) is 12.4. The number of fused-ring (bicyclic) bond motifs is 1. The van der Waals surface area contributed by atoms with E-state index in [1.165, 1.54) is 23.1 Å². The SMILES string of the molecule is Cc1ccc(F)c(C(C)n2ncc3nc(-n4cc(C(=O)O)cn4)nc(O)c32)c1. The van der Waals surface area contributed by atoms with E-state index < -0.39 is 12.0 Å². The Bertz CT molecular complexity index is 1220. The molecule has 142 valence electrons. The summed E-state index contributed by atoms with van der Waals surface area (Å²) in [5, 5.41) is 27.6. The highest BCUT2D eigenvalue weighted by atomic mass is 19.1. The minimum Gasteiger partial charge on any atom is -0.492 e. The van der Waals surface area contributed by atoms with Gasteiger partial charge in [-0.2, -0.15) is 15.2 Å². The van der Waals surface area contributed by atoms with E-state index in [1.54, 1.807) is 19.1 Å². The maximum atomic E-state index is 14.3. The lowest BCUT2D eigenvalue weighted by atomic mass is 10.1. The van der Waals surface area contributed by atoms with Gasteiger partial charge in [-0.15, -0.1) is 0 Å². The average Bonchev–Trinajstić information content (AvgIpc) is 3.30. The summed E-state index contributed by atoms with van der Waals surface area (Å²) in [6.45, 7) is 3.61. The third kappa shape index (κ3) is 2.84. The molecule has 1 unspecified atom stereocenters. The van der Waals surface area contributed by atoms with Crippen molar-refractivity contribution in [1.29, 1.82) is 0 Å². The molecule has 0 radical (unpaired) electrons. The number of aromatic nitrogens is 6. The van der Waals surface area contributed by atoms with Crippen molar-refractivity contribution in [3.8, 4) is 11.8 Å². The molecule has 0 saturated heterocycles. The van der Waals surface area contributed by atoms with Gasteiger partial charge in [0.2, 0.25) is 5.88 Å². The molecule has 2 N–H and O–H groups in total. The summed E-state index contributed by atoms with van der Waals surface area (Å²) >= 11 is 0. The molecule has 9 nitrogen and oxygen atoms in total. The van der Waals surface area contributed by atoms with Crippen LogP contribution < -0.4 is 0 Å². The molecule has 3 aromatic heterocycles. The van der Waals surface area contributed by atoms with Gasteiger partial charge in [-0.25, -0.2) is 18.9 Å². The number of hydrogen-bond donors (Lipinski definition) is 2. The van der Waals surface area contributed by atoms with Crippen molar-refractivity contribution in [2.24, 2.45) is 0 Å². The molecule has 0 saturated carbocycles. The molecule has 0 aliphatic rings. The molecule has 0 amide bonds. The van der Waals surface area contributed by atoms with E-state index in [2.05, 4.69) is 20.2 Å². The highest BCUT2D eigenvalue weighted by molar-refractivity contribution is 5.87. The number of aryl methyl sites for hydroxylation is 1. The molecule has 0 aliphatic carbocycles. The molecule has 1 aromatic carbocycles. The Morgan fingerprint density at radius 3 is 2.71 bits per heavy atom. The molecule has 3 heterocycles. The summed E-state index contributed by atoms with van der Waals surface area (Å²) < 4.78 is 16.9. The van der Waals surface area contributed by atoms with Gasteiger partial charge >= 0.3 is 5.97 Å². The van der Waals surface area contributed by atoms with Crippen LogP contribution in [0.1, 0.15) is 34.5 Å². The van der Waals surface area contributed by atoms with E-state index in [0.29, 0.717) is 11.1 Å². The van der Waals surface area contributed by atoms with Crippen LogP contribution in [-0.4, -0.2) is 45.7 Å². The van der Waals surface area contributed by atoms with Crippen LogP contribution in [0.2, 0.25) is 0 Å². The number of carboxylic acid groups (broad SMARTS) is 1. The van der Waals surface area contributed by atoms with Gasteiger partial charge in [0, 0.05) is 11.8 Å². The van der Waals surface area contributed by atoms with Gasteiger partial charge in [0.15, 0.2) is 0 Å². The van der Waals surface area contributed by atoms with Crippen molar-refractivity contribution in [3.05, 3.63) is 59.3 Å². The number of carboxylic acids is 1. The Kier molecular flexibility index (Phi) is 4.03. The Balaban J connectivity index is 1.80. The number of aromatic hydroxyl groups is 1. The van der Waals surface area contributed by atoms with Crippen LogP contribution in [0, 0.1) is 12.7 Å². The van der Waals surface area contributed by atoms with Crippen molar-refractivity contribution in [2.75, 3.05) is 0 Å². The fraction of sp³-hybridized carbons (Fsp3) is 0.167. The first-order valence-corrected chi connectivity index (χ1v) is 8.33. The van der Waals surface area contributed by atoms with Crippen molar-refractivity contribution in [3.63, 3.8) is 0 Å². The van der Waals surface area contributed by atoms with Gasteiger partial charge in [0.1, 0.15) is 16.9 Å². The predicted molar refractivity (Wildman–Crippen MR) is 96.0 cm³/mol. The maximum Gasteiger partial charge on any atom is 0.338 e. The summed E-state index contributed by atoms with van der Waals surface area (Å²) in [6.07, 6.45) is 3.81. The molecule has 4 rings (SSSR count). The van der Waals surface area contributed by atoms with E-state index in [1.807, 2.05) is 6.92 Å². The number of hydrogen-bond acceptors (Lipinski definition) is 6. The van der Waals surface area contributed by atoms with Crippen LogP contribution in [-0.2, 0) is 0 Å². The number of carbonyl (C=O) groups is 1. The monoisotopic (exact) mass is 382 g/mol. The van der Waals surface area contributed by atoms with Crippen molar-refractivity contribution in [1.82, 2.24) is 29.5 Å². The lowest BCUT2D eigenvalue weighted by Crippen LogP contribution is -2.11. The van der Waals surface area contributed by atoms with Crippen LogP contribution in [0.15, 0.2) is 36.8 Å². The zero-order valence-corrected chi connectivity index (χ0v) is 14.9. The number of nitrogens with zero attached hydrogens (tertiary/aromatic N) is 6. The van der Waals surface area contributed by atoms with Crippen molar-refractivity contribution < 1.29 is 19.4 Å². The summed E-state index contributed by atoms with van der Waals surface area (Å²) in [7, 11) is 0. The zero-order chi connectivity index (χ0) is 20.0. The third-order valence-electron chi connectivity index (χ3n) is 4.42. The molecule has 0 spiro atoms. The fourth-order valence-electron chi connectivity index (χ4n) is 2.99. The second-order valence-corrected chi connectivity index (χ2v) is 6.35. The molecule has 0 aliphatic heterocycles. The molecule has 1 atom stereocenters. The molecular weight excluding hydrogens is 367 g/mol. The number of halogens is 1. The summed E-state index contributed by atoms with van der Waals surface area (Å²) in [6, 6.07) is 4.27. The molecule has 4 aromatic rings. The summed E-state index contributed by atoms with van der Waals surface area (Å²) in [5.74, 6) is -1.90. The average molecular weight is 382 g/mol. The summed E-state index contributed by atoms with van der Waals surface area (Å²) in [4.78, 5) is 19.3. The molecule has 10 heteroatoms. The second kappa shape index (κ2) is 6.41. The van der Waals surface area contributed by atoms with Gasteiger partial charge < -0.3 is 10.2 Å². The Morgan fingerprint density at radius 1 is 1.21 bits per heavy atom. The van der Waals surface area contributed by atoms with E-state index in [9.17, 15) is 14.3 Å². The number of rotatable bonds is 4. The van der Waals surface area contributed by atoms with Gasteiger partial charge in [-0.3, -0.25) is 4.68 Å². The smallest absolute Gasteiger partial charge is 0.338 e. The highest BCUT2D eigenvalue weighted by Gasteiger charge is 2.21. The minimum atomic E-state index is -1.14. The van der Waals surface area contributed by atoms with E-state index in [-0.39, 0.29) is 28.7 Å². The van der Waals surface area contributed by atoms with Crippen LogP contribution in [0.25, 0.3) is 17.0 Å². The largest absolute Gasteiger partial charge is 0.492 e. The quantitative estimate of drug-likeness (QED) is 0.556. The van der Waals surface area contributed by atoms with E-state index in [4.69, 9.17) is 5.11 Å². The van der Waals surface area contributed by atoms with E-state index in [0.717, 1.165) is 16.4 Å². The minimum absolute atomic E-state index is 0.00793. The molecular formula is C18H15FN6O3. The first kappa shape index (κ1) is 17.6. The number of benzene rings is 1. The van der Waals surface area contributed by atoms with Crippen molar-refractivity contribution in [2.45, 2.75) is 19.9 Å². The standard InChI is InChI=1S/C18H15FN6O3/c1-9-3-4-13(19)12(5-9)10(2)25-15-14(7-21-25)22-18(23-16(15)26)24-8-11(6-20-24)17(27)28/h3-8,10H,1-2H3,(H,27,28)(H,22,23,26). The number of aromatic carboxylic acids is 1. The predicted octanol–water partition coefficient (Wildman–Crippen LogP) is 2.47. The maximum absolute atomic E-state index is 14.3. The Labute approximate surface area is 157 Å². The molecule has 0 fully saturated rings. The van der Waals surface area contributed by atoms with Crippen LogP contribution in [0.4, 0.5) is 4.39 Å². The molecule has 28 heavy (non-hydrogen) atoms. The van der Waals surface area contributed by atoms with Crippen LogP contribution >= 0.6 is 0 Å². The van der Waals surface area contributed by atoms with Gasteiger partial charge in [0.05, 0.1) is 24.0 Å². The van der Waals surface area contributed by atoms with Crippen molar-refractivity contribution >= 4 is 17.0 Å².